The first kappa shape index (κ1) is 11.3. The van der Waals surface area contributed by atoms with Crippen LogP contribution in [0.5, 0.6) is 0 Å². The number of hydrogen-bond acceptors (Lipinski definition) is 4. The quantitative estimate of drug-likeness (QED) is 0.604. The smallest absolute Gasteiger partial charge is 0.335 e. The Morgan fingerprint density at radius 3 is 2.47 bits per heavy atom. The Bertz CT molecular complexity index is 618. The number of rotatable bonds is 2. The van der Waals surface area contributed by atoms with Crippen molar-refractivity contribution in [3.8, 4) is 0 Å². The molecule has 2 aliphatic heterocycles. The number of hydrogen-bond donors (Lipinski definition) is 2. The van der Waals surface area contributed by atoms with E-state index in [0.717, 1.165) is 19.8 Å². The van der Waals surface area contributed by atoms with Crippen molar-refractivity contribution in [2.24, 2.45) is 0 Å². The van der Waals surface area contributed by atoms with Crippen LogP contribution in [0.3, 0.4) is 0 Å². The fraction of sp³-hybridized carbons (Fsp3) is 0.333. The van der Waals surface area contributed by atoms with Crippen molar-refractivity contribution in [1.29, 1.82) is 0 Å². The van der Waals surface area contributed by atoms with Gasteiger partial charge >= 0.3 is 12.1 Å². The van der Waals surface area contributed by atoms with Crippen LogP contribution in [0.2, 0.25) is 0 Å². The molecule has 5 amide bonds. The minimum atomic E-state index is -0.744. The second-order valence-corrected chi connectivity index (χ2v) is 4.01. The third-order valence-corrected chi connectivity index (χ3v) is 2.87. The summed E-state index contributed by atoms with van der Waals surface area (Å²) in [7, 11) is 0. The van der Waals surface area contributed by atoms with Gasteiger partial charge in [0, 0.05) is 18.8 Å². The molecule has 0 saturated carbocycles. The van der Waals surface area contributed by atoms with Gasteiger partial charge in [0.25, 0.3) is 11.5 Å². The number of imide groups is 1. The van der Waals surface area contributed by atoms with Crippen LogP contribution in [0.15, 0.2) is 17.1 Å². The van der Waals surface area contributed by atoms with Crippen molar-refractivity contribution in [3.63, 3.8) is 0 Å². The van der Waals surface area contributed by atoms with Gasteiger partial charge in [-0.3, -0.25) is 14.7 Å². The number of H-pyrrole nitrogens is 1. The molecule has 2 N–H and O–H groups in total. The van der Waals surface area contributed by atoms with Crippen LogP contribution in [0, 0.1) is 0 Å². The third kappa shape index (κ3) is 1.57. The standard InChI is InChI=1S/C9H10N6O4/c16-6-1-2-11-15(6)13-5-7(17)14(9(13)19)12-4-3-10-8(12)18/h1-2,11H,3-5H2,(H,10,18). The van der Waals surface area contributed by atoms with Gasteiger partial charge in [0.1, 0.15) is 6.54 Å². The largest absolute Gasteiger partial charge is 0.367 e. The van der Waals surface area contributed by atoms with Gasteiger partial charge in [-0.15, -0.1) is 0 Å². The zero-order chi connectivity index (χ0) is 13.6. The van der Waals surface area contributed by atoms with Crippen molar-refractivity contribution in [3.05, 3.63) is 22.6 Å². The fourth-order valence-corrected chi connectivity index (χ4v) is 2.03. The Kier molecular flexibility index (Phi) is 2.30. The minimum absolute atomic E-state index is 0.226. The lowest BCUT2D eigenvalue weighted by Gasteiger charge is -2.23. The van der Waals surface area contributed by atoms with Gasteiger partial charge in [-0.25, -0.2) is 19.6 Å². The van der Waals surface area contributed by atoms with Crippen LogP contribution in [0.25, 0.3) is 0 Å². The van der Waals surface area contributed by atoms with E-state index in [9.17, 15) is 19.2 Å². The first-order chi connectivity index (χ1) is 9.09. The van der Waals surface area contributed by atoms with E-state index in [1.807, 2.05) is 0 Å². The number of urea groups is 2. The molecule has 0 aromatic carbocycles. The van der Waals surface area contributed by atoms with Gasteiger partial charge in [0.2, 0.25) is 0 Å². The average Bonchev–Trinajstić information content (AvgIpc) is 3.02. The van der Waals surface area contributed by atoms with Crippen LogP contribution in [-0.4, -0.2) is 57.5 Å². The maximum absolute atomic E-state index is 12.1. The van der Waals surface area contributed by atoms with Crippen molar-refractivity contribution in [2.75, 3.05) is 24.6 Å². The lowest BCUT2D eigenvalue weighted by molar-refractivity contribution is -0.132. The fourth-order valence-electron chi connectivity index (χ4n) is 2.03. The van der Waals surface area contributed by atoms with E-state index in [1.54, 1.807) is 0 Å². The summed E-state index contributed by atoms with van der Waals surface area (Å²) in [5, 5.41) is 7.74. The number of carbonyl (C=O) groups is 3. The summed E-state index contributed by atoms with van der Waals surface area (Å²) >= 11 is 0. The Morgan fingerprint density at radius 1 is 1.11 bits per heavy atom. The summed E-state index contributed by atoms with van der Waals surface area (Å²) in [6, 6.07) is -0.0304. The number of hydrazine groups is 1. The lowest BCUT2D eigenvalue weighted by Crippen LogP contribution is -2.51. The van der Waals surface area contributed by atoms with Gasteiger partial charge < -0.3 is 5.32 Å². The molecule has 0 bridgehead atoms. The Morgan fingerprint density at radius 2 is 1.89 bits per heavy atom. The Hall–Kier alpha value is -2.78. The van der Waals surface area contributed by atoms with E-state index in [1.165, 1.54) is 12.3 Å². The second kappa shape index (κ2) is 3.86. The van der Waals surface area contributed by atoms with Gasteiger partial charge in [-0.1, -0.05) is 0 Å². The molecule has 2 aliphatic rings. The van der Waals surface area contributed by atoms with Crippen molar-refractivity contribution in [2.45, 2.75) is 0 Å². The molecule has 10 nitrogen and oxygen atoms in total. The topological polar surface area (TPSA) is 111 Å². The number of amides is 5. The second-order valence-electron chi connectivity index (χ2n) is 4.01. The molecule has 0 aliphatic carbocycles. The highest BCUT2D eigenvalue weighted by Gasteiger charge is 2.44. The molecule has 0 spiro atoms. The van der Waals surface area contributed by atoms with Gasteiger partial charge in [-0.05, 0) is 0 Å². The van der Waals surface area contributed by atoms with E-state index in [4.69, 9.17) is 0 Å². The Balaban J connectivity index is 1.91. The number of nitrogens with one attached hydrogen (secondary N) is 2. The average molecular weight is 266 g/mol. The normalized spacial score (nSPS) is 19.6. The molecule has 10 heteroatoms. The summed E-state index contributed by atoms with van der Waals surface area (Å²) in [6.07, 6.45) is 1.35. The zero-order valence-corrected chi connectivity index (χ0v) is 9.70. The first-order valence-electron chi connectivity index (χ1n) is 5.56. The van der Waals surface area contributed by atoms with Crippen LogP contribution >= 0.6 is 0 Å². The van der Waals surface area contributed by atoms with E-state index in [0.29, 0.717) is 6.54 Å². The summed E-state index contributed by atoms with van der Waals surface area (Å²) in [5.74, 6) is -0.566. The monoisotopic (exact) mass is 266 g/mol. The highest BCUT2D eigenvalue weighted by Crippen LogP contribution is 2.13. The lowest BCUT2D eigenvalue weighted by atomic mass is 10.6. The molecule has 3 heterocycles. The maximum Gasteiger partial charge on any atom is 0.367 e. The van der Waals surface area contributed by atoms with Crippen LogP contribution in [0.4, 0.5) is 9.59 Å². The molecular weight excluding hydrogens is 256 g/mol. The zero-order valence-electron chi connectivity index (χ0n) is 9.70. The minimum Gasteiger partial charge on any atom is -0.335 e. The molecule has 3 rings (SSSR count). The molecule has 19 heavy (non-hydrogen) atoms. The molecular formula is C9H10N6O4. The summed E-state index contributed by atoms with van der Waals surface area (Å²) < 4.78 is 0. The number of nitrogens with zero attached hydrogens (tertiary/aromatic N) is 4. The van der Waals surface area contributed by atoms with Gasteiger partial charge in [0.05, 0.1) is 6.54 Å². The highest BCUT2D eigenvalue weighted by molar-refractivity contribution is 6.09. The number of carbonyl (C=O) groups excluding carboxylic acids is 3. The third-order valence-electron chi connectivity index (χ3n) is 2.87. The molecule has 0 atom stereocenters. The van der Waals surface area contributed by atoms with Crippen molar-refractivity contribution < 1.29 is 14.4 Å². The number of aromatic nitrogens is 2. The molecule has 1 aromatic heterocycles. The van der Waals surface area contributed by atoms with Crippen molar-refractivity contribution >= 4 is 18.0 Å². The van der Waals surface area contributed by atoms with Gasteiger partial charge in [-0.2, -0.15) is 9.80 Å². The van der Waals surface area contributed by atoms with Crippen LogP contribution in [0.1, 0.15) is 0 Å². The molecule has 1 aromatic rings. The molecule has 2 fully saturated rings. The van der Waals surface area contributed by atoms with Crippen LogP contribution < -0.4 is 15.9 Å². The molecule has 100 valence electrons. The SMILES string of the molecule is O=C1NCCN1N1C(=O)CN(n2[nH]ccc2=O)C1=O. The van der Waals surface area contributed by atoms with E-state index < -0.39 is 23.5 Å². The predicted octanol–water partition coefficient (Wildman–Crippen LogP) is -1.98. The summed E-state index contributed by atoms with van der Waals surface area (Å²) in [6.45, 7) is 0.283. The highest BCUT2D eigenvalue weighted by atomic mass is 16.2. The first-order valence-corrected chi connectivity index (χ1v) is 5.56. The van der Waals surface area contributed by atoms with Gasteiger partial charge in [0.15, 0.2) is 0 Å². The summed E-state index contributed by atoms with van der Waals surface area (Å²) in [4.78, 5) is 47.9. The Labute approximate surface area is 106 Å². The van der Waals surface area contributed by atoms with E-state index in [-0.39, 0.29) is 13.1 Å². The molecule has 0 radical (unpaired) electrons. The summed E-state index contributed by atoms with van der Waals surface area (Å²) in [5.41, 5.74) is -0.464. The maximum atomic E-state index is 12.1. The molecule has 2 saturated heterocycles. The molecule has 0 unspecified atom stereocenters. The van der Waals surface area contributed by atoms with Crippen molar-refractivity contribution in [1.82, 2.24) is 25.2 Å². The van der Waals surface area contributed by atoms with E-state index >= 15 is 0 Å². The van der Waals surface area contributed by atoms with E-state index in [2.05, 4.69) is 10.4 Å². The number of aromatic amines is 1. The predicted molar refractivity (Wildman–Crippen MR) is 60.5 cm³/mol. The van der Waals surface area contributed by atoms with Crippen LogP contribution in [-0.2, 0) is 4.79 Å².